The molecule has 0 spiro atoms. The lowest BCUT2D eigenvalue weighted by molar-refractivity contribution is -0.187. The fraction of sp³-hybridized carbons (Fsp3) is 0.167. The molecule has 0 aromatic heterocycles. The Kier molecular flexibility index (Phi) is 8.99. The van der Waals surface area contributed by atoms with E-state index < -0.39 is 11.9 Å². The van der Waals surface area contributed by atoms with E-state index in [0.29, 0.717) is 24.2 Å². The minimum absolute atomic E-state index is 0.318. The molecule has 0 bridgehead atoms. The van der Waals surface area contributed by atoms with Crippen LogP contribution >= 0.6 is 0 Å². The van der Waals surface area contributed by atoms with Crippen molar-refractivity contribution in [3.05, 3.63) is 71.8 Å². The number of ether oxygens (including phenoxy) is 1. The van der Waals surface area contributed by atoms with Crippen LogP contribution in [0.25, 0.3) is 0 Å². The topological polar surface area (TPSA) is 78.9 Å². The molecule has 0 aliphatic carbocycles. The van der Waals surface area contributed by atoms with Crippen LogP contribution in [0.3, 0.4) is 0 Å². The van der Waals surface area contributed by atoms with Crippen LogP contribution < -0.4 is 0 Å². The van der Waals surface area contributed by atoms with Crippen molar-refractivity contribution in [2.75, 3.05) is 6.61 Å². The van der Waals surface area contributed by atoms with E-state index in [1.165, 1.54) is 0 Å². The zero-order valence-corrected chi connectivity index (χ0v) is 13.2. The van der Waals surface area contributed by atoms with Gasteiger partial charge in [0.15, 0.2) is 0 Å². The minimum Gasteiger partial charge on any atom is -0.468 e. The van der Waals surface area contributed by atoms with Crippen LogP contribution in [0.1, 0.15) is 34.1 Å². The molecule has 0 amide bonds. The molecule has 2 aromatic carbocycles. The maximum Gasteiger partial charge on any atom is 0.386 e. The van der Waals surface area contributed by atoms with Crippen molar-refractivity contribution in [1.29, 1.82) is 0 Å². The highest BCUT2D eigenvalue weighted by atomic mass is 17.2. The molecule has 0 saturated carbocycles. The van der Waals surface area contributed by atoms with Gasteiger partial charge < -0.3 is 4.74 Å². The standard InChI is InChI=1S/C14H10O4.C4H8O2/c15-13(11-7-3-1-4-8-11)17-18-14(16)12-9-5-2-6-10-12;1-2-3-6-4-5/h1-10H;4H,2-3H2,1H3. The summed E-state index contributed by atoms with van der Waals surface area (Å²) in [5, 5.41) is 0. The third-order valence-corrected chi connectivity index (χ3v) is 2.60. The fourth-order valence-electron chi connectivity index (χ4n) is 1.49. The van der Waals surface area contributed by atoms with Crippen LogP contribution in [0.4, 0.5) is 0 Å². The normalized spacial score (nSPS) is 9.04. The van der Waals surface area contributed by atoms with Gasteiger partial charge in [0.1, 0.15) is 0 Å². The largest absolute Gasteiger partial charge is 0.468 e. The second-order valence-electron chi connectivity index (χ2n) is 4.44. The van der Waals surface area contributed by atoms with Gasteiger partial charge in [-0.25, -0.2) is 19.4 Å². The van der Waals surface area contributed by atoms with Gasteiger partial charge in [-0.1, -0.05) is 43.3 Å². The summed E-state index contributed by atoms with van der Waals surface area (Å²) in [5.41, 5.74) is 0.636. The van der Waals surface area contributed by atoms with E-state index in [0.717, 1.165) is 6.42 Å². The second-order valence-corrected chi connectivity index (χ2v) is 4.44. The van der Waals surface area contributed by atoms with Gasteiger partial charge in [0, 0.05) is 0 Å². The highest BCUT2D eigenvalue weighted by Crippen LogP contribution is 2.05. The van der Waals surface area contributed by atoms with Gasteiger partial charge in [-0.2, -0.15) is 0 Å². The molecule has 0 aliphatic heterocycles. The predicted molar refractivity (Wildman–Crippen MR) is 86.0 cm³/mol. The highest BCUT2D eigenvalue weighted by Gasteiger charge is 2.12. The van der Waals surface area contributed by atoms with E-state index >= 15 is 0 Å². The molecule has 2 rings (SSSR count). The van der Waals surface area contributed by atoms with E-state index in [1.807, 2.05) is 6.92 Å². The van der Waals surface area contributed by atoms with Gasteiger partial charge in [-0.3, -0.25) is 4.79 Å². The molecule has 0 aliphatic rings. The Morgan fingerprint density at radius 3 is 1.54 bits per heavy atom. The highest BCUT2D eigenvalue weighted by molar-refractivity contribution is 5.92. The molecule has 0 atom stereocenters. The summed E-state index contributed by atoms with van der Waals surface area (Å²) in [4.78, 5) is 41.2. The van der Waals surface area contributed by atoms with Crippen LogP contribution in [0, 0.1) is 0 Å². The Hall–Kier alpha value is -3.15. The molecule has 0 N–H and O–H groups in total. The summed E-state index contributed by atoms with van der Waals surface area (Å²) in [6.07, 6.45) is 0.902. The van der Waals surface area contributed by atoms with Crippen molar-refractivity contribution in [2.45, 2.75) is 13.3 Å². The van der Waals surface area contributed by atoms with E-state index in [1.54, 1.807) is 60.7 Å². The Bertz CT molecular complexity index is 573. The maximum atomic E-state index is 11.5. The van der Waals surface area contributed by atoms with Crippen LogP contribution in [0.15, 0.2) is 60.7 Å². The molecule has 0 unspecified atom stereocenters. The molecule has 24 heavy (non-hydrogen) atoms. The van der Waals surface area contributed by atoms with E-state index in [9.17, 15) is 14.4 Å². The molecule has 6 heteroatoms. The van der Waals surface area contributed by atoms with Crippen LogP contribution in [0.2, 0.25) is 0 Å². The van der Waals surface area contributed by atoms with Crippen molar-refractivity contribution in [3.8, 4) is 0 Å². The lowest BCUT2D eigenvalue weighted by Gasteiger charge is -2.02. The van der Waals surface area contributed by atoms with Gasteiger partial charge in [0.2, 0.25) is 0 Å². The number of rotatable bonds is 5. The van der Waals surface area contributed by atoms with Crippen molar-refractivity contribution >= 4 is 18.4 Å². The Labute approximate surface area is 139 Å². The summed E-state index contributed by atoms with van der Waals surface area (Å²) in [7, 11) is 0. The Balaban J connectivity index is 0.000000413. The van der Waals surface area contributed by atoms with Gasteiger partial charge in [0.05, 0.1) is 17.7 Å². The monoisotopic (exact) mass is 330 g/mol. The van der Waals surface area contributed by atoms with Crippen molar-refractivity contribution in [3.63, 3.8) is 0 Å². The SMILES string of the molecule is CCCOC=O.O=C(OOC(=O)c1ccccc1)c1ccccc1. The maximum absolute atomic E-state index is 11.5. The van der Waals surface area contributed by atoms with Gasteiger partial charge in [-0.15, -0.1) is 0 Å². The zero-order valence-electron chi connectivity index (χ0n) is 13.2. The van der Waals surface area contributed by atoms with Crippen LogP contribution in [0.5, 0.6) is 0 Å². The first-order valence-electron chi connectivity index (χ1n) is 7.27. The lowest BCUT2D eigenvalue weighted by atomic mass is 10.2. The molecule has 0 radical (unpaired) electrons. The summed E-state index contributed by atoms with van der Waals surface area (Å²) >= 11 is 0. The van der Waals surface area contributed by atoms with Crippen molar-refractivity contribution < 1.29 is 28.9 Å². The molecular formula is C18H18O6. The zero-order chi connectivity index (χ0) is 17.6. The van der Waals surface area contributed by atoms with Gasteiger partial charge in [0.25, 0.3) is 6.47 Å². The first-order valence-corrected chi connectivity index (χ1v) is 7.27. The average molecular weight is 330 g/mol. The molecular weight excluding hydrogens is 312 g/mol. The summed E-state index contributed by atoms with van der Waals surface area (Å²) < 4.78 is 4.30. The minimum atomic E-state index is -0.708. The molecule has 0 saturated heterocycles. The van der Waals surface area contributed by atoms with Crippen molar-refractivity contribution in [2.24, 2.45) is 0 Å². The van der Waals surface area contributed by atoms with Crippen molar-refractivity contribution in [1.82, 2.24) is 0 Å². The smallest absolute Gasteiger partial charge is 0.386 e. The molecule has 0 fully saturated rings. The Morgan fingerprint density at radius 2 is 1.25 bits per heavy atom. The van der Waals surface area contributed by atoms with Gasteiger partial charge in [-0.05, 0) is 30.7 Å². The first kappa shape index (κ1) is 18.9. The molecule has 126 valence electrons. The van der Waals surface area contributed by atoms with E-state index in [-0.39, 0.29) is 0 Å². The average Bonchev–Trinajstić information content (AvgIpc) is 2.66. The quantitative estimate of drug-likeness (QED) is 0.362. The number of hydrogen-bond acceptors (Lipinski definition) is 6. The third kappa shape index (κ3) is 7.22. The number of carbonyl (C=O) groups is 3. The first-order chi connectivity index (χ1) is 11.7. The third-order valence-electron chi connectivity index (χ3n) is 2.60. The van der Waals surface area contributed by atoms with E-state index in [4.69, 9.17) is 0 Å². The fourth-order valence-corrected chi connectivity index (χ4v) is 1.49. The summed E-state index contributed by atoms with van der Waals surface area (Å²) in [6.45, 7) is 2.95. The molecule has 6 nitrogen and oxygen atoms in total. The number of hydrogen-bond donors (Lipinski definition) is 0. The number of carbonyl (C=O) groups excluding carboxylic acids is 3. The number of benzene rings is 2. The summed E-state index contributed by atoms with van der Waals surface area (Å²) in [5.74, 6) is -1.42. The van der Waals surface area contributed by atoms with E-state index in [2.05, 4.69) is 14.5 Å². The molecule has 2 aromatic rings. The second kappa shape index (κ2) is 11.4. The lowest BCUT2D eigenvalue weighted by Crippen LogP contribution is -2.11. The Morgan fingerprint density at radius 1 is 0.833 bits per heavy atom. The van der Waals surface area contributed by atoms with Crippen LogP contribution in [-0.4, -0.2) is 25.0 Å². The van der Waals surface area contributed by atoms with Gasteiger partial charge >= 0.3 is 11.9 Å². The molecule has 0 heterocycles. The summed E-state index contributed by atoms with van der Waals surface area (Å²) in [6, 6.07) is 16.6. The van der Waals surface area contributed by atoms with Crippen LogP contribution in [-0.2, 0) is 19.3 Å². The predicted octanol–water partition coefficient (Wildman–Crippen LogP) is 3.18.